The Labute approximate surface area is 89.1 Å². The second-order valence-corrected chi connectivity index (χ2v) is 4.95. The molecule has 0 amide bonds. The third-order valence-electron chi connectivity index (χ3n) is 3.04. The summed E-state index contributed by atoms with van der Waals surface area (Å²) in [4.78, 5) is 2.57. The molecule has 1 aliphatic rings. The predicted molar refractivity (Wildman–Crippen MR) is 62.5 cm³/mol. The van der Waals surface area contributed by atoms with E-state index in [4.69, 9.17) is 0 Å². The molecule has 0 radical (unpaired) electrons. The van der Waals surface area contributed by atoms with Crippen molar-refractivity contribution in [1.82, 2.24) is 10.2 Å². The predicted octanol–water partition coefficient (Wildman–Crippen LogP) is 1.96. The first-order chi connectivity index (χ1) is 6.72. The van der Waals surface area contributed by atoms with Gasteiger partial charge in [0.25, 0.3) is 0 Å². The number of nitrogens with one attached hydrogen (secondary N) is 1. The van der Waals surface area contributed by atoms with Crippen molar-refractivity contribution in [3.63, 3.8) is 0 Å². The largest absolute Gasteiger partial charge is 0.316 e. The molecule has 0 aromatic heterocycles. The molecule has 0 spiro atoms. The molecule has 1 rings (SSSR count). The van der Waals surface area contributed by atoms with Crippen molar-refractivity contribution in [2.24, 2.45) is 11.8 Å². The van der Waals surface area contributed by atoms with Gasteiger partial charge in [0.05, 0.1) is 0 Å². The van der Waals surface area contributed by atoms with Gasteiger partial charge in [-0.1, -0.05) is 20.8 Å². The van der Waals surface area contributed by atoms with E-state index in [2.05, 4.69) is 31.0 Å². The van der Waals surface area contributed by atoms with Crippen LogP contribution in [-0.4, -0.2) is 37.6 Å². The standard InChI is InChI=1S/C12H26N2/c1-4-14-7-5-6-12(10-14)9-13-8-11(2)3/h11-13H,4-10H2,1-3H3. The summed E-state index contributed by atoms with van der Waals surface area (Å²) >= 11 is 0. The van der Waals surface area contributed by atoms with Crippen LogP contribution >= 0.6 is 0 Å². The van der Waals surface area contributed by atoms with Gasteiger partial charge in [-0.05, 0) is 50.9 Å². The first-order valence-corrected chi connectivity index (χ1v) is 6.15. The molecule has 1 saturated heterocycles. The average Bonchev–Trinajstić information content (AvgIpc) is 2.18. The van der Waals surface area contributed by atoms with Crippen LogP contribution in [0.1, 0.15) is 33.6 Å². The lowest BCUT2D eigenvalue weighted by molar-refractivity contribution is 0.179. The molecule has 1 fully saturated rings. The van der Waals surface area contributed by atoms with Crippen LogP contribution in [0.3, 0.4) is 0 Å². The van der Waals surface area contributed by atoms with Crippen molar-refractivity contribution in [2.75, 3.05) is 32.7 Å². The van der Waals surface area contributed by atoms with Crippen LogP contribution in [0.25, 0.3) is 0 Å². The molecule has 0 aliphatic carbocycles. The van der Waals surface area contributed by atoms with E-state index in [1.807, 2.05) is 0 Å². The van der Waals surface area contributed by atoms with E-state index in [-0.39, 0.29) is 0 Å². The number of hydrogen-bond acceptors (Lipinski definition) is 2. The normalized spacial score (nSPS) is 24.4. The van der Waals surface area contributed by atoms with Gasteiger partial charge >= 0.3 is 0 Å². The van der Waals surface area contributed by atoms with Gasteiger partial charge in [-0.25, -0.2) is 0 Å². The maximum Gasteiger partial charge on any atom is 0.00217 e. The van der Waals surface area contributed by atoms with Crippen molar-refractivity contribution < 1.29 is 0 Å². The summed E-state index contributed by atoms with van der Waals surface area (Å²) in [6, 6.07) is 0. The molecule has 0 saturated carbocycles. The summed E-state index contributed by atoms with van der Waals surface area (Å²) in [5.74, 6) is 1.67. The minimum atomic E-state index is 0.779. The maximum atomic E-state index is 3.57. The Morgan fingerprint density at radius 3 is 2.86 bits per heavy atom. The number of likely N-dealkylation sites (tertiary alicyclic amines) is 1. The lowest BCUT2D eigenvalue weighted by Crippen LogP contribution is -2.40. The van der Waals surface area contributed by atoms with Crippen LogP contribution in [0.5, 0.6) is 0 Å². The fourth-order valence-electron chi connectivity index (χ4n) is 2.18. The second-order valence-electron chi connectivity index (χ2n) is 4.95. The van der Waals surface area contributed by atoms with Crippen molar-refractivity contribution in [1.29, 1.82) is 0 Å². The van der Waals surface area contributed by atoms with Gasteiger partial charge in [-0.15, -0.1) is 0 Å². The first-order valence-electron chi connectivity index (χ1n) is 6.15. The second kappa shape index (κ2) is 6.41. The minimum Gasteiger partial charge on any atom is -0.316 e. The summed E-state index contributed by atoms with van der Waals surface area (Å²) in [5.41, 5.74) is 0. The molecule has 2 nitrogen and oxygen atoms in total. The zero-order chi connectivity index (χ0) is 10.4. The first kappa shape index (κ1) is 12.0. The van der Waals surface area contributed by atoms with Crippen LogP contribution in [0.15, 0.2) is 0 Å². The molecular formula is C12H26N2. The number of rotatable bonds is 5. The van der Waals surface area contributed by atoms with Crippen molar-refractivity contribution in [3.05, 3.63) is 0 Å². The molecule has 2 heteroatoms. The van der Waals surface area contributed by atoms with Gasteiger partial charge in [0.2, 0.25) is 0 Å². The van der Waals surface area contributed by atoms with E-state index in [1.165, 1.54) is 45.6 Å². The summed E-state index contributed by atoms with van der Waals surface area (Å²) in [6.07, 6.45) is 2.81. The highest BCUT2D eigenvalue weighted by Gasteiger charge is 2.17. The zero-order valence-electron chi connectivity index (χ0n) is 10.1. The van der Waals surface area contributed by atoms with E-state index in [9.17, 15) is 0 Å². The highest BCUT2D eigenvalue weighted by molar-refractivity contribution is 4.73. The van der Waals surface area contributed by atoms with Gasteiger partial charge in [-0.2, -0.15) is 0 Å². The summed E-state index contributed by atoms with van der Waals surface area (Å²) in [7, 11) is 0. The quantitative estimate of drug-likeness (QED) is 0.726. The Morgan fingerprint density at radius 1 is 1.43 bits per heavy atom. The molecule has 84 valence electrons. The molecular weight excluding hydrogens is 172 g/mol. The van der Waals surface area contributed by atoms with Crippen LogP contribution in [0, 0.1) is 11.8 Å². The minimum absolute atomic E-state index is 0.779. The molecule has 1 N–H and O–H groups in total. The van der Waals surface area contributed by atoms with Gasteiger partial charge < -0.3 is 10.2 Å². The highest BCUT2D eigenvalue weighted by atomic mass is 15.1. The van der Waals surface area contributed by atoms with Crippen LogP contribution in [0.2, 0.25) is 0 Å². The Hall–Kier alpha value is -0.0800. The Kier molecular flexibility index (Phi) is 5.49. The molecule has 1 unspecified atom stereocenters. The molecule has 1 aliphatic heterocycles. The third kappa shape index (κ3) is 4.43. The van der Waals surface area contributed by atoms with E-state index in [0.29, 0.717) is 0 Å². The van der Waals surface area contributed by atoms with Crippen LogP contribution < -0.4 is 5.32 Å². The number of hydrogen-bond donors (Lipinski definition) is 1. The number of nitrogens with zero attached hydrogens (tertiary/aromatic N) is 1. The summed E-state index contributed by atoms with van der Waals surface area (Å²) in [6.45, 7) is 13.0. The summed E-state index contributed by atoms with van der Waals surface area (Å²) < 4.78 is 0. The zero-order valence-corrected chi connectivity index (χ0v) is 10.1. The van der Waals surface area contributed by atoms with E-state index in [0.717, 1.165) is 11.8 Å². The van der Waals surface area contributed by atoms with E-state index < -0.39 is 0 Å². The molecule has 1 atom stereocenters. The van der Waals surface area contributed by atoms with E-state index >= 15 is 0 Å². The Morgan fingerprint density at radius 2 is 2.21 bits per heavy atom. The monoisotopic (exact) mass is 198 g/mol. The molecule has 0 aromatic carbocycles. The Balaban J connectivity index is 2.11. The van der Waals surface area contributed by atoms with Crippen LogP contribution in [-0.2, 0) is 0 Å². The Bertz CT molecular complexity index is 145. The van der Waals surface area contributed by atoms with Crippen LogP contribution in [0.4, 0.5) is 0 Å². The molecule has 0 aromatic rings. The third-order valence-corrected chi connectivity index (χ3v) is 3.04. The summed E-state index contributed by atoms with van der Waals surface area (Å²) in [5, 5.41) is 3.57. The van der Waals surface area contributed by atoms with Gasteiger partial charge in [-0.3, -0.25) is 0 Å². The van der Waals surface area contributed by atoms with Crippen molar-refractivity contribution in [2.45, 2.75) is 33.6 Å². The molecule has 14 heavy (non-hydrogen) atoms. The number of piperidine rings is 1. The molecule has 0 bridgehead atoms. The topological polar surface area (TPSA) is 15.3 Å². The van der Waals surface area contributed by atoms with Gasteiger partial charge in [0.15, 0.2) is 0 Å². The molecule has 1 heterocycles. The van der Waals surface area contributed by atoms with E-state index in [1.54, 1.807) is 0 Å². The smallest absolute Gasteiger partial charge is 0.00217 e. The SMILES string of the molecule is CCN1CCCC(CNCC(C)C)C1. The van der Waals surface area contributed by atoms with Crippen molar-refractivity contribution in [3.8, 4) is 0 Å². The average molecular weight is 198 g/mol. The fraction of sp³-hybridized carbons (Fsp3) is 1.00. The lowest BCUT2D eigenvalue weighted by Gasteiger charge is -2.32. The maximum absolute atomic E-state index is 3.57. The highest BCUT2D eigenvalue weighted by Crippen LogP contribution is 2.15. The van der Waals surface area contributed by atoms with Crippen molar-refractivity contribution >= 4 is 0 Å². The van der Waals surface area contributed by atoms with Gasteiger partial charge in [0, 0.05) is 6.54 Å². The lowest BCUT2D eigenvalue weighted by atomic mass is 9.98. The fourth-order valence-corrected chi connectivity index (χ4v) is 2.18. The van der Waals surface area contributed by atoms with Gasteiger partial charge in [0.1, 0.15) is 0 Å².